The highest BCUT2D eigenvalue weighted by Crippen LogP contribution is 2.24. The summed E-state index contributed by atoms with van der Waals surface area (Å²) in [5.41, 5.74) is 0. The maximum Gasteiger partial charge on any atom is 0.155 e. The fourth-order valence-corrected chi connectivity index (χ4v) is 5.28. The first-order valence-electron chi connectivity index (χ1n) is 14.8. The van der Waals surface area contributed by atoms with Crippen LogP contribution in [0.1, 0.15) is 142 Å². The standard InChI is InChI=1S/C29H58NO2P/c1-3-5-6-7-8-9-10-11-12-13-14-15-16-17-18-19-20-21-22-23-28-31-33-32-29-24-26-30(4-2)27-25-29/h11-12,29,33H,3-10,13-28H2,1-2H3/b12-11-. The molecule has 0 saturated carbocycles. The molecule has 1 atom stereocenters. The topological polar surface area (TPSA) is 21.7 Å². The zero-order chi connectivity index (χ0) is 23.7. The lowest BCUT2D eigenvalue weighted by molar-refractivity contribution is 0.103. The van der Waals surface area contributed by atoms with Crippen LogP contribution in [0, 0.1) is 0 Å². The molecule has 1 heterocycles. The zero-order valence-electron chi connectivity index (χ0n) is 22.5. The highest BCUT2D eigenvalue weighted by atomic mass is 31.1. The molecule has 0 aromatic heterocycles. The van der Waals surface area contributed by atoms with Crippen molar-refractivity contribution in [1.82, 2.24) is 4.90 Å². The molecule has 0 aliphatic carbocycles. The lowest BCUT2D eigenvalue weighted by atomic mass is 10.1. The normalized spacial score (nSPS) is 16.1. The summed E-state index contributed by atoms with van der Waals surface area (Å²) in [7, 11) is 0.244. The lowest BCUT2D eigenvalue weighted by Crippen LogP contribution is -2.35. The van der Waals surface area contributed by atoms with Gasteiger partial charge in [-0.15, -0.1) is 0 Å². The Morgan fingerprint density at radius 2 is 1.15 bits per heavy atom. The monoisotopic (exact) mass is 483 g/mol. The van der Waals surface area contributed by atoms with Gasteiger partial charge in [0.2, 0.25) is 0 Å². The lowest BCUT2D eigenvalue weighted by Gasteiger charge is -2.30. The van der Waals surface area contributed by atoms with Gasteiger partial charge >= 0.3 is 0 Å². The Bertz CT molecular complexity index is 410. The molecule has 0 aromatic carbocycles. The van der Waals surface area contributed by atoms with E-state index in [4.69, 9.17) is 9.05 Å². The number of likely N-dealkylation sites (tertiary alicyclic amines) is 1. The van der Waals surface area contributed by atoms with Gasteiger partial charge in [-0.2, -0.15) is 0 Å². The predicted octanol–water partition coefficient (Wildman–Crippen LogP) is 9.61. The number of piperidine rings is 1. The first kappa shape index (κ1) is 31.1. The average Bonchev–Trinajstić information content (AvgIpc) is 2.85. The molecule has 0 N–H and O–H groups in total. The summed E-state index contributed by atoms with van der Waals surface area (Å²) in [6, 6.07) is 0. The summed E-state index contributed by atoms with van der Waals surface area (Å²) in [5, 5.41) is 0. The molecule has 0 spiro atoms. The van der Waals surface area contributed by atoms with Gasteiger partial charge in [0.25, 0.3) is 0 Å². The Labute approximate surface area is 209 Å². The molecule has 3 nitrogen and oxygen atoms in total. The van der Waals surface area contributed by atoms with E-state index < -0.39 is 0 Å². The van der Waals surface area contributed by atoms with Crippen LogP contribution in [0.4, 0.5) is 0 Å². The van der Waals surface area contributed by atoms with Gasteiger partial charge in [0, 0.05) is 13.1 Å². The Morgan fingerprint density at radius 3 is 1.67 bits per heavy atom. The van der Waals surface area contributed by atoms with E-state index in [-0.39, 0.29) is 9.03 Å². The summed E-state index contributed by atoms with van der Waals surface area (Å²) in [4.78, 5) is 2.50. The predicted molar refractivity (Wildman–Crippen MR) is 148 cm³/mol. The van der Waals surface area contributed by atoms with E-state index in [2.05, 4.69) is 30.9 Å². The number of rotatable bonds is 24. The fraction of sp³-hybridized carbons (Fsp3) is 0.931. The van der Waals surface area contributed by atoms with E-state index in [0.717, 1.165) is 6.61 Å². The molecule has 1 aliphatic heterocycles. The number of unbranched alkanes of at least 4 members (excludes halogenated alkanes) is 16. The first-order chi connectivity index (χ1) is 16.4. The second kappa shape index (κ2) is 25.2. The zero-order valence-corrected chi connectivity index (χ0v) is 23.5. The number of hydrogen-bond donors (Lipinski definition) is 0. The Morgan fingerprint density at radius 1 is 0.667 bits per heavy atom. The third-order valence-electron chi connectivity index (χ3n) is 7.01. The molecule has 1 aliphatic rings. The van der Waals surface area contributed by atoms with Gasteiger partial charge in [-0.05, 0) is 51.5 Å². The Hall–Kier alpha value is 0.0500. The molecule has 1 saturated heterocycles. The van der Waals surface area contributed by atoms with Gasteiger partial charge < -0.3 is 13.9 Å². The summed E-state index contributed by atoms with van der Waals surface area (Å²) < 4.78 is 11.6. The second-order valence-electron chi connectivity index (χ2n) is 10.0. The molecule has 0 bridgehead atoms. The maximum absolute atomic E-state index is 5.89. The molecule has 196 valence electrons. The molecule has 1 fully saturated rings. The molecular weight excluding hydrogens is 425 g/mol. The smallest absolute Gasteiger partial charge is 0.155 e. The third kappa shape index (κ3) is 21.1. The van der Waals surface area contributed by atoms with Crippen LogP contribution in [0.2, 0.25) is 0 Å². The number of allylic oxidation sites excluding steroid dienone is 2. The van der Waals surface area contributed by atoms with Crippen molar-refractivity contribution < 1.29 is 9.05 Å². The van der Waals surface area contributed by atoms with Crippen LogP contribution in [-0.4, -0.2) is 37.2 Å². The number of nitrogens with zero attached hydrogens (tertiary/aromatic N) is 1. The van der Waals surface area contributed by atoms with Crippen molar-refractivity contribution in [3.63, 3.8) is 0 Å². The largest absolute Gasteiger partial charge is 0.336 e. The van der Waals surface area contributed by atoms with E-state index in [9.17, 15) is 0 Å². The summed E-state index contributed by atoms with van der Waals surface area (Å²) in [6.07, 6.45) is 32.4. The molecule has 0 amide bonds. The minimum absolute atomic E-state index is 0.244. The summed E-state index contributed by atoms with van der Waals surface area (Å²) >= 11 is 0. The van der Waals surface area contributed by atoms with E-state index in [1.807, 2.05) is 0 Å². The van der Waals surface area contributed by atoms with Crippen molar-refractivity contribution >= 4 is 9.03 Å². The summed E-state index contributed by atoms with van der Waals surface area (Å²) in [6.45, 7) is 8.94. The van der Waals surface area contributed by atoms with Gasteiger partial charge in [0.1, 0.15) is 0 Å². The first-order valence-corrected chi connectivity index (χ1v) is 15.6. The van der Waals surface area contributed by atoms with Gasteiger partial charge in [-0.1, -0.05) is 109 Å². The van der Waals surface area contributed by atoms with E-state index in [1.165, 1.54) is 148 Å². The molecule has 1 unspecified atom stereocenters. The second-order valence-corrected chi connectivity index (χ2v) is 10.7. The van der Waals surface area contributed by atoms with Gasteiger partial charge in [0.05, 0.1) is 12.7 Å². The molecule has 4 heteroatoms. The van der Waals surface area contributed by atoms with E-state index in [0.29, 0.717) is 6.10 Å². The van der Waals surface area contributed by atoms with Gasteiger partial charge in [0.15, 0.2) is 9.03 Å². The summed E-state index contributed by atoms with van der Waals surface area (Å²) in [5.74, 6) is 0. The van der Waals surface area contributed by atoms with E-state index in [1.54, 1.807) is 0 Å². The minimum atomic E-state index is 0.244. The molecule has 1 rings (SSSR count). The average molecular weight is 484 g/mol. The SMILES string of the molecule is CCCCCCCC/C=C\CCCCCCCCCCCCOPOC1CCN(CC)CC1. The van der Waals surface area contributed by atoms with Crippen molar-refractivity contribution in [2.45, 2.75) is 148 Å². The van der Waals surface area contributed by atoms with Crippen LogP contribution in [0.3, 0.4) is 0 Å². The quantitative estimate of drug-likeness (QED) is 0.0775. The van der Waals surface area contributed by atoms with Crippen LogP contribution in [0.15, 0.2) is 12.2 Å². The van der Waals surface area contributed by atoms with Gasteiger partial charge in [-0.3, -0.25) is 0 Å². The molecule has 33 heavy (non-hydrogen) atoms. The maximum atomic E-state index is 5.89. The molecule has 0 radical (unpaired) electrons. The molecule has 0 aromatic rings. The van der Waals surface area contributed by atoms with Crippen LogP contribution in [-0.2, 0) is 9.05 Å². The van der Waals surface area contributed by atoms with Crippen molar-refractivity contribution in [1.29, 1.82) is 0 Å². The van der Waals surface area contributed by atoms with E-state index >= 15 is 0 Å². The van der Waals surface area contributed by atoms with Crippen molar-refractivity contribution in [3.05, 3.63) is 12.2 Å². The third-order valence-corrected chi connectivity index (χ3v) is 7.77. The Balaban J connectivity index is 1.68. The van der Waals surface area contributed by atoms with Crippen LogP contribution in [0.25, 0.3) is 0 Å². The van der Waals surface area contributed by atoms with Crippen LogP contribution < -0.4 is 0 Å². The molecular formula is C29H58NO2P. The Kier molecular flexibility index (Phi) is 23.7. The minimum Gasteiger partial charge on any atom is -0.336 e. The van der Waals surface area contributed by atoms with Crippen molar-refractivity contribution in [2.75, 3.05) is 26.2 Å². The number of hydrogen-bond acceptors (Lipinski definition) is 3. The van der Waals surface area contributed by atoms with Crippen molar-refractivity contribution in [3.8, 4) is 0 Å². The van der Waals surface area contributed by atoms with Crippen LogP contribution >= 0.6 is 9.03 Å². The van der Waals surface area contributed by atoms with Gasteiger partial charge in [-0.25, -0.2) is 0 Å². The fourth-order valence-electron chi connectivity index (χ4n) is 4.62. The highest BCUT2D eigenvalue weighted by molar-refractivity contribution is 7.26. The highest BCUT2D eigenvalue weighted by Gasteiger charge is 2.18. The van der Waals surface area contributed by atoms with Crippen molar-refractivity contribution in [2.24, 2.45) is 0 Å². The van der Waals surface area contributed by atoms with Crippen LogP contribution in [0.5, 0.6) is 0 Å².